The molecule has 1 aliphatic heterocycles. The van der Waals surface area contributed by atoms with Gasteiger partial charge in [-0.1, -0.05) is 0 Å². The normalized spacial score (nSPS) is 14.4. The SMILES string of the molecule is CON1C=Nc2ccc(O)cc2C1. The van der Waals surface area contributed by atoms with Gasteiger partial charge < -0.3 is 5.11 Å². The number of hydrogen-bond acceptors (Lipinski definition) is 4. The van der Waals surface area contributed by atoms with Crippen molar-refractivity contribution in [3.63, 3.8) is 0 Å². The van der Waals surface area contributed by atoms with Crippen LogP contribution >= 0.6 is 0 Å². The predicted molar refractivity (Wildman–Crippen MR) is 48.8 cm³/mol. The van der Waals surface area contributed by atoms with E-state index in [1.807, 2.05) is 0 Å². The minimum Gasteiger partial charge on any atom is -0.508 e. The number of rotatable bonds is 1. The van der Waals surface area contributed by atoms with Crippen LogP contribution < -0.4 is 0 Å². The molecular formula is C9H10N2O2. The highest BCUT2D eigenvalue weighted by molar-refractivity contribution is 5.66. The lowest BCUT2D eigenvalue weighted by atomic mass is 10.1. The van der Waals surface area contributed by atoms with Gasteiger partial charge in [-0.2, -0.15) is 0 Å². The molecule has 2 rings (SSSR count). The molecule has 1 N–H and O–H groups in total. The van der Waals surface area contributed by atoms with Crippen molar-refractivity contribution in [2.45, 2.75) is 6.54 Å². The molecule has 1 aromatic rings. The maximum atomic E-state index is 9.24. The van der Waals surface area contributed by atoms with Crippen molar-refractivity contribution in [3.05, 3.63) is 23.8 Å². The highest BCUT2D eigenvalue weighted by Gasteiger charge is 2.11. The molecule has 0 fully saturated rings. The molecular weight excluding hydrogens is 168 g/mol. The van der Waals surface area contributed by atoms with Crippen LogP contribution in [0.15, 0.2) is 23.2 Å². The van der Waals surface area contributed by atoms with Crippen LogP contribution in [0.3, 0.4) is 0 Å². The van der Waals surface area contributed by atoms with E-state index in [0.717, 1.165) is 11.3 Å². The van der Waals surface area contributed by atoms with Crippen molar-refractivity contribution in [1.29, 1.82) is 0 Å². The Morgan fingerprint density at radius 3 is 3.15 bits per heavy atom. The molecule has 0 aliphatic carbocycles. The number of fused-ring (bicyclic) bond motifs is 1. The average Bonchev–Trinajstić information content (AvgIpc) is 2.16. The maximum Gasteiger partial charge on any atom is 0.117 e. The van der Waals surface area contributed by atoms with Crippen LogP contribution in [0.2, 0.25) is 0 Å². The third-order valence-corrected chi connectivity index (χ3v) is 1.95. The number of phenols is 1. The molecule has 0 saturated heterocycles. The van der Waals surface area contributed by atoms with Gasteiger partial charge in [0.1, 0.15) is 12.1 Å². The maximum absolute atomic E-state index is 9.24. The summed E-state index contributed by atoms with van der Waals surface area (Å²) < 4.78 is 0. The molecule has 68 valence electrons. The van der Waals surface area contributed by atoms with E-state index in [-0.39, 0.29) is 5.75 Å². The van der Waals surface area contributed by atoms with Gasteiger partial charge in [-0.05, 0) is 18.2 Å². The molecule has 1 aliphatic rings. The zero-order valence-electron chi connectivity index (χ0n) is 7.27. The second-order valence-electron chi connectivity index (χ2n) is 2.82. The van der Waals surface area contributed by atoms with E-state index in [0.29, 0.717) is 6.54 Å². The van der Waals surface area contributed by atoms with E-state index < -0.39 is 0 Å². The van der Waals surface area contributed by atoms with E-state index in [1.165, 1.54) is 0 Å². The van der Waals surface area contributed by atoms with Crippen molar-refractivity contribution in [3.8, 4) is 5.75 Å². The van der Waals surface area contributed by atoms with E-state index in [1.54, 1.807) is 36.7 Å². The molecule has 0 saturated carbocycles. The van der Waals surface area contributed by atoms with Crippen LogP contribution in [0.4, 0.5) is 5.69 Å². The van der Waals surface area contributed by atoms with Gasteiger partial charge in [-0.15, -0.1) is 0 Å². The Morgan fingerprint density at radius 2 is 2.38 bits per heavy atom. The molecule has 0 aromatic heterocycles. The highest BCUT2D eigenvalue weighted by atomic mass is 16.7. The van der Waals surface area contributed by atoms with E-state index in [2.05, 4.69) is 4.99 Å². The third-order valence-electron chi connectivity index (χ3n) is 1.95. The summed E-state index contributed by atoms with van der Waals surface area (Å²) in [5.74, 6) is 0.256. The summed E-state index contributed by atoms with van der Waals surface area (Å²) in [5.41, 5.74) is 1.84. The Labute approximate surface area is 76.0 Å². The second kappa shape index (κ2) is 3.06. The number of aliphatic imine (C=N–C) groups is 1. The van der Waals surface area contributed by atoms with Gasteiger partial charge in [0.15, 0.2) is 0 Å². The first-order chi connectivity index (χ1) is 6.29. The summed E-state index contributed by atoms with van der Waals surface area (Å²) in [6.45, 7) is 0.615. The summed E-state index contributed by atoms with van der Waals surface area (Å²) in [4.78, 5) is 9.14. The number of phenolic OH excluding ortho intramolecular Hbond substituents is 1. The van der Waals surface area contributed by atoms with Gasteiger partial charge in [0.05, 0.1) is 19.3 Å². The van der Waals surface area contributed by atoms with Gasteiger partial charge in [-0.25, -0.2) is 10.1 Å². The topological polar surface area (TPSA) is 45.1 Å². The summed E-state index contributed by atoms with van der Waals surface area (Å²) in [6, 6.07) is 5.10. The fourth-order valence-electron chi connectivity index (χ4n) is 1.27. The summed E-state index contributed by atoms with van der Waals surface area (Å²) >= 11 is 0. The lowest BCUT2D eigenvalue weighted by Crippen LogP contribution is -2.22. The number of hydroxylamine groups is 2. The van der Waals surface area contributed by atoms with Crippen LogP contribution in [-0.2, 0) is 11.4 Å². The molecule has 0 bridgehead atoms. The second-order valence-corrected chi connectivity index (χ2v) is 2.82. The summed E-state index contributed by atoms with van der Waals surface area (Å²) in [6.07, 6.45) is 1.62. The van der Waals surface area contributed by atoms with Gasteiger partial charge in [-0.3, -0.25) is 4.84 Å². The summed E-state index contributed by atoms with van der Waals surface area (Å²) in [5, 5.41) is 10.8. The molecule has 0 unspecified atom stereocenters. The van der Waals surface area contributed by atoms with Crippen LogP contribution in [0.5, 0.6) is 5.75 Å². The number of hydrogen-bond donors (Lipinski definition) is 1. The predicted octanol–water partition coefficient (Wildman–Crippen LogP) is 1.43. The fraction of sp³-hybridized carbons (Fsp3) is 0.222. The van der Waals surface area contributed by atoms with Crippen LogP contribution in [0.1, 0.15) is 5.56 Å². The van der Waals surface area contributed by atoms with E-state index >= 15 is 0 Å². The zero-order valence-corrected chi connectivity index (χ0v) is 7.27. The highest BCUT2D eigenvalue weighted by Crippen LogP contribution is 2.27. The van der Waals surface area contributed by atoms with Crippen molar-refractivity contribution in [2.75, 3.05) is 7.11 Å². The first-order valence-corrected chi connectivity index (χ1v) is 3.96. The first-order valence-electron chi connectivity index (χ1n) is 3.96. The Morgan fingerprint density at radius 1 is 1.54 bits per heavy atom. The molecule has 0 atom stereocenters. The number of benzene rings is 1. The zero-order chi connectivity index (χ0) is 9.26. The molecule has 0 radical (unpaired) electrons. The van der Waals surface area contributed by atoms with Crippen molar-refractivity contribution < 1.29 is 9.94 Å². The largest absolute Gasteiger partial charge is 0.508 e. The van der Waals surface area contributed by atoms with Crippen molar-refractivity contribution in [1.82, 2.24) is 5.06 Å². The quantitative estimate of drug-likeness (QED) is 0.707. The van der Waals surface area contributed by atoms with Crippen molar-refractivity contribution in [2.24, 2.45) is 4.99 Å². The molecule has 13 heavy (non-hydrogen) atoms. The monoisotopic (exact) mass is 178 g/mol. The molecule has 0 amide bonds. The standard InChI is InChI=1S/C9H10N2O2/c1-13-11-5-7-4-8(12)2-3-9(7)10-6-11/h2-4,6,12H,5H2,1H3. The van der Waals surface area contributed by atoms with Gasteiger partial charge in [0.25, 0.3) is 0 Å². The number of nitrogens with zero attached hydrogens (tertiary/aromatic N) is 2. The lowest BCUT2D eigenvalue weighted by Gasteiger charge is -2.21. The van der Waals surface area contributed by atoms with Gasteiger partial charge in [0.2, 0.25) is 0 Å². The number of aromatic hydroxyl groups is 1. The Balaban J connectivity index is 2.36. The molecule has 4 heteroatoms. The average molecular weight is 178 g/mol. The minimum atomic E-state index is 0.256. The molecule has 4 nitrogen and oxygen atoms in total. The van der Waals surface area contributed by atoms with Gasteiger partial charge >= 0.3 is 0 Å². The van der Waals surface area contributed by atoms with Crippen molar-refractivity contribution >= 4 is 12.0 Å². The lowest BCUT2D eigenvalue weighted by molar-refractivity contribution is -0.0678. The smallest absolute Gasteiger partial charge is 0.117 e. The molecule has 0 spiro atoms. The third kappa shape index (κ3) is 1.48. The molecule has 1 aromatic carbocycles. The Kier molecular flexibility index (Phi) is 1.90. The Bertz CT molecular complexity index is 349. The molecule has 1 heterocycles. The van der Waals surface area contributed by atoms with E-state index in [9.17, 15) is 5.11 Å². The van der Waals surface area contributed by atoms with Crippen LogP contribution in [0, 0.1) is 0 Å². The fourth-order valence-corrected chi connectivity index (χ4v) is 1.27. The first kappa shape index (κ1) is 8.07. The van der Waals surface area contributed by atoms with Crippen LogP contribution in [-0.4, -0.2) is 23.6 Å². The van der Waals surface area contributed by atoms with Gasteiger partial charge in [0, 0.05) is 5.56 Å². The summed E-state index contributed by atoms with van der Waals surface area (Å²) in [7, 11) is 1.58. The van der Waals surface area contributed by atoms with E-state index in [4.69, 9.17) is 4.84 Å². The Hall–Kier alpha value is -1.55. The van der Waals surface area contributed by atoms with Crippen LogP contribution in [0.25, 0.3) is 0 Å². The minimum absolute atomic E-state index is 0.256.